The lowest BCUT2D eigenvalue weighted by Crippen LogP contribution is -2.22. The molecule has 0 unspecified atom stereocenters. The van der Waals surface area contributed by atoms with Gasteiger partial charge in [0.2, 0.25) is 0 Å². The summed E-state index contributed by atoms with van der Waals surface area (Å²) in [4.78, 5) is 29.0. The van der Waals surface area contributed by atoms with Crippen molar-refractivity contribution in [3.05, 3.63) is 62.9 Å². The van der Waals surface area contributed by atoms with Gasteiger partial charge >= 0.3 is 5.97 Å². The van der Waals surface area contributed by atoms with Crippen molar-refractivity contribution in [2.24, 2.45) is 4.99 Å². The molecule has 0 saturated heterocycles. The molecule has 1 heterocycles. The quantitative estimate of drug-likeness (QED) is 0.609. The zero-order valence-electron chi connectivity index (χ0n) is 13.7. The lowest BCUT2D eigenvalue weighted by molar-refractivity contribution is -0.141. The number of esters is 1. The first-order valence-corrected chi connectivity index (χ1v) is 9.11. The fraction of sp³-hybridized carbons (Fsp3) is 0.167. The molecule has 2 aromatic carbocycles. The SMILES string of the molecule is COC(=O)Cn1c(=NC(=O)c2ccc(Br)cc2)sc2cccc(C)c21. The second-order valence-corrected chi connectivity index (χ2v) is 7.32. The van der Waals surface area contributed by atoms with Crippen LogP contribution in [0.15, 0.2) is 51.9 Å². The smallest absolute Gasteiger partial charge is 0.325 e. The van der Waals surface area contributed by atoms with Gasteiger partial charge in [0, 0.05) is 10.0 Å². The highest BCUT2D eigenvalue weighted by atomic mass is 79.9. The van der Waals surface area contributed by atoms with Crippen LogP contribution in [0.1, 0.15) is 15.9 Å². The lowest BCUT2D eigenvalue weighted by atomic mass is 10.2. The Balaban J connectivity index is 2.15. The van der Waals surface area contributed by atoms with E-state index in [9.17, 15) is 9.59 Å². The molecule has 0 aliphatic heterocycles. The monoisotopic (exact) mass is 418 g/mol. The van der Waals surface area contributed by atoms with E-state index < -0.39 is 0 Å². The highest BCUT2D eigenvalue weighted by Gasteiger charge is 2.13. The lowest BCUT2D eigenvalue weighted by Gasteiger charge is -2.05. The van der Waals surface area contributed by atoms with E-state index in [-0.39, 0.29) is 18.4 Å². The molecule has 0 aliphatic rings. The van der Waals surface area contributed by atoms with Gasteiger partial charge in [0.05, 0.1) is 17.3 Å². The first-order chi connectivity index (χ1) is 12.0. The molecule has 1 amide bonds. The summed E-state index contributed by atoms with van der Waals surface area (Å²) in [5.74, 6) is -0.740. The van der Waals surface area contributed by atoms with E-state index in [1.165, 1.54) is 18.4 Å². The van der Waals surface area contributed by atoms with Crippen LogP contribution in [0.25, 0.3) is 10.2 Å². The molecule has 7 heteroatoms. The van der Waals surface area contributed by atoms with E-state index in [0.29, 0.717) is 10.4 Å². The van der Waals surface area contributed by atoms with Gasteiger partial charge in [0.15, 0.2) is 4.80 Å². The number of halogens is 1. The number of aryl methyl sites for hydroxylation is 1. The summed E-state index contributed by atoms with van der Waals surface area (Å²) >= 11 is 4.72. The van der Waals surface area contributed by atoms with Gasteiger partial charge in [0.1, 0.15) is 6.54 Å². The predicted octanol–water partition coefficient (Wildman–Crippen LogP) is 3.69. The minimum Gasteiger partial charge on any atom is -0.468 e. The molecule has 0 bridgehead atoms. The third-order valence-electron chi connectivity index (χ3n) is 3.71. The molecular weight excluding hydrogens is 404 g/mol. The fourth-order valence-electron chi connectivity index (χ4n) is 2.48. The van der Waals surface area contributed by atoms with Crippen LogP contribution in [0.2, 0.25) is 0 Å². The van der Waals surface area contributed by atoms with Crippen LogP contribution in [0.4, 0.5) is 0 Å². The Kier molecular flexibility index (Phi) is 5.15. The number of benzene rings is 2. The van der Waals surface area contributed by atoms with Gasteiger partial charge in [-0.15, -0.1) is 0 Å². The molecule has 0 saturated carbocycles. The summed E-state index contributed by atoms with van der Waals surface area (Å²) in [5, 5.41) is 0. The largest absolute Gasteiger partial charge is 0.468 e. The van der Waals surface area contributed by atoms with Crippen LogP contribution in [-0.4, -0.2) is 23.6 Å². The van der Waals surface area contributed by atoms with Gasteiger partial charge in [-0.25, -0.2) is 0 Å². The zero-order chi connectivity index (χ0) is 18.0. The van der Waals surface area contributed by atoms with E-state index >= 15 is 0 Å². The van der Waals surface area contributed by atoms with E-state index in [0.717, 1.165) is 20.3 Å². The number of hydrogen-bond acceptors (Lipinski definition) is 4. The van der Waals surface area contributed by atoms with Crippen LogP contribution in [-0.2, 0) is 16.1 Å². The van der Waals surface area contributed by atoms with Crippen LogP contribution >= 0.6 is 27.3 Å². The number of ether oxygens (including phenoxy) is 1. The van der Waals surface area contributed by atoms with Crippen molar-refractivity contribution in [3.8, 4) is 0 Å². The highest BCUT2D eigenvalue weighted by Crippen LogP contribution is 2.21. The summed E-state index contributed by atoms with van der Waals surface area (Å²) < 4.78 is 8.37. The Morgan fingerprint density at radius 1 is 1.20 bits per heavy atom. The van der Waals surface area contributed by atoms with Crippen molar-refractivity contribution in [2.45, 2.75) is 13.5 Å². The van der Waals surface area contributed by atoms with E-state index in [1.54, 1.807) is 28.8 Å². The molecule has 25 heavy (non-hydrogen) atoms. The van der Waals surface area contributed by atoms with Gasteiger partial charge in [-0.2, -0.15) is 4.99 Å². The first kappa shape index (κ1) is 17.6. The van der Waals surface area contributed by atoms with Crippen molar-refractivity contribution in [1.82, 2.24) is 4.57 Å². The molecule has 5 nitrogen and oxygen atoms in total. The molecular formula is C18H15BrN2O3S. The van der Waals surface area contributed by atoms with Crippen LogP contribution < -0.4 is 4.80 Å². The Morgan fingerprint density at radius 2 is 1.92 bits per heavy atom. The summed E-state index contributed by atoms with van der Waals surface area (Å²) in [6, 6.07) is 12.9. The highest BCUT2D eigenvalue weighted by molar-refractivity contribution is 9.10. The standard InChI is InChI=1S/C18H15BrN2O3S/c1-11-4-3-5-14-16(11)21(10-15(22)24-2)18(25-14)20-17(23)12-6-8-13(19)9-7-12/h3-9H,10H2,1-2H3. The average Bonchev–Trinajstić information content (AvgIpc) is 2.93. The van der Waals surface area contributed by atoms with Crippen molar-refractivity contribution >= 4 is 49.4 Å². The first-order valence-electron chi connectivity index (χ1n) is 7.50. The molecule has 3 aromatic rings. The van der Waals surface area contributed by atoms with E-state index in [4.69, 9.17) is 4.74 Å². The maximum atomic E-state index is 12.5. The van der Waals surface area contributed by atoms with Crippen LogP contribution in [0.3, 0.4) is 0 Å². The number of rotatable bonds is 3. The van der Waals surface area contributed by atoms with Crippen LogP contribution in [0, 0.1) is 6.92 Å². The molecule has 3 rings (SSSR count). The van der Waals surface area contributed by atoms with Crippen LogP contribution in [0.5, 0.6) is 0 Å². The van der Waals surface area contributed by atoms with Crippen molar-refractivity contribution < 1.29 is 14.3 Å². The number of aromatic nitrogens is 1. The topological polar surface area (TPSA) is 60.7 Å². The zero-order valence-corrected chi connectivity index (χ0v) is 16.1. The Hall–Kier alpha value is -2.25. The maximum absolute atomic E-state index is 12.5. The molecule has 1 aromatic heterocycles. The van der Waals surface area contributed by atoms with Crippen molar-refractivity contribution in [1.29, 1.82) is 0 Å². The molecule has 0 radical (unpaired) electrons. The number of nitrogens with zero attached hydrogens (tertiary/aromatic N) is 2. The number of para-hydroxylation sites is 1. The normalized spacial score (nSPS) is 11.7. The summed E-state index contributed by atoms with van der Waals surface area (Å²) in [7, 11) is 1.34. The molecule has 0 N–H and O–H groups in total. The van der Waals surface area contributed by atoms with Crippen molar-refractivity contribution in [2.75, 3.05) is 7.11 Å². The minimum atomic E-state index is -0.388. The second kappa shape index (κ2) is 7.33. The maximum Gasteiger partial charge on any atom is 0.325 e. The third-order valence-corrected chi connectivity index (χ3v) is 5.28. The summed E-state index contributed by atoms with van der Waals surface area (Å²) in [5.41, 5.74) is 2.39. The molecule has 128 valence electrons. The summed E-state index contributed by atoms with van der Waals surface area (Å²) in [6.45, 7) is 1.97. The van der Waals surface area contributed by atoms with Gasteiger partial charge in [0.25, 0.3) is 5.91 Å². The molecule has 0 spiro atoms. The van der Waals surface area contributed by atoms with Gasteiger partial charge in [-0.3, -0.25) is 9.59 Å². The number of thiazole rings is 1. The van der Waals surface area contributed by atoms with Crippen molar-refractivity contribution in [3.63, 3.8) is 0 Å². The van der Waals surface area contributed by atoms with Gasteiger partial charge in [-0.05, 0) is 42.8 Å². The number of carbonyl (C=O) groups excluding carboxylic acids is 2. The number of amides is 1. The van der Waals surface area contributed by atoms with Gasteiger partial charge in [-0.1, -0.05) is 39.4 Å². The Labute approximate surface area is 156 Å². The molecule has 0 fully saturated rings. The number of fused-ring (bicyclic) bond motifs is 1. The average molecular weight is 419 g/mol. The number of methoxy groups -OCH3 is 1. The molecule has 0 aliphatic carbocycles. The Bertz CT molecular complexity index is 1020. The fourth-order valence-corrected chi connectivity index (χ4v) is 3.85. The predicted molar refractivity (Wildman–Crippen MR) is 101 cm³/mol. The summed E-state index contributed by atoms with van der Waals surface area (Å²) in [6.07, 6.45) is 0. The minimum absolute atomic E-state index is 0.00774. The Morgan fingerprint density at radius 3 is 2.60 bits per heavy atom. The number of hydrogen-bond donors (Lipinski definition) is 0. The second-order valence-electron chi connectivity index (χ2n) is 5.39. The van der Waals surface area contributed by atoms with E-state index in [1.807, 2.05) is 25.1 Å². The third kappa shape index (κ3) is 3.72. The van der Waals surface area contributed by atoms with Gasteiger partial charge < -0.3 is 9.30 Å². The molecule has 0 atom stereocenters. The van der Waals surface area contributed by atoms with E-state index in [2.05, 4.69) is 20.9 Å². The number of carbonyl (C=O) groups is 2.